The van der Waals surface area contributed by atoms with Gasteiger partial charge >= 0.3 is 0 Å². The average molecular weight is 466 g/mol. The van der Waals surface area contributed by atoms with Crippen LogP contribution in [0.3, 0.4) is 0 Å². The van der Waals surface area contributed by atoms with Gasteiger partial charge in [0.25, 0.3) is 5.91 Å². The molecule has 0 unspecified atom stereocenters. The summed E-state index contributed by atoms with van der Waals surface area (Å²) < 4.78 is 25.5. The van der Waals surface area contributed by atoms with Crippen molar-refractivity contribution in [3.05, 3.63) is 94.9 Å². The molecule has 3 aromatic carbocycles. The Morgan fingerprint density at radius 3 is 2.52 bits per heavy atom. The fraction of sp³-hybridized carbons (Fsp3) is 0.120. The molecule has 6 nitrogen and oxygen atoms in total. The standard InChI is InChI=1S/C25H21ClFN3O3/c1-32-20-10-11-21(24(13-20)33-2)22-14-23(30(29-22)19-5-3-4-17(26)12-19)25(31)28-15-16-6-8-18(27)9-7-16/h3-14H,15H2,1-2H3,(H,28,31). The number of rotatable bonds is 7. The molecule has 8 heteroatoms. The van der Waals surface area contributed by atoms with Crippen LogP contribution in [-0.4, -0.2) is 29.9 Å². The highest BCUT2D eigenvalue weighted by Gasteiger charge is 2.20. The molecule has 1 aromatic heterocycles. The van der Waals surface area contributed by atoms with E-state index < -0.39 is 0 Å². The van der Waals surface area contributed by atoms with E-state index in [1.165, 1.54) is 16.8 Å². The van der Waals surface area contributed by atoms with Gasteiger partial charge in [0.05, 0.1) is 25.6 Å². The second-order valence-corrected chi connectivity index (χ2v) is 7.62. The minimum absolute atomic E-state index is 0.237. The Hall–Kier alpha value is -3.84. The maximum Gasteiger partial charge on any atom is 0.270 e. The fourth-order valence-electron chi connectivity index (χ4n) is 3.36. The molecule has 0 spiro atoms. The summed E-state index contributed by atoms with van der Waals surface area (Å²) in [4.78, 5) is 13.1. The lowest BCUT2D eigenvalue weighted by Gasteiger charge is -2.09. The molecule has 0 fully saturated rings. The van der Waals surface area contributed by atoms with Crippen LogP contribution < -0.4 is 14.8 Å². The zero-order valence-electron chi connectivity index (χ0n) is 18.0. The molecule has 0 saturated carbocycles. The first-order valence-electron chi connectivity index (χ1n) is 10.1. The molecule has 0 radical (unpaired) electrons. The van der Waals surface area contributed by atoms with Gasteiger partial charge in [0, 0.05) is 23.2 Å². The molecule has 1 amide bonds. The molecule has 0 aliphatic carbocycles. The summed E-state index contributed by atoms with van der Waals surface area (Å²) in [5, 5.41) is 8.05. The van der Waals surface area contributed by atoms with Crippen LogP contribution in [0.5, 0.6) is 11.5 Å². The van der Waals surface area contributed by atoms with Crippen molar-refractivity contribution < 1.29 is 18.7 Å². The predicted molar refractivity (Wildman–Crippen MR) is 125 cm³/mol. The number of carbonyl (C=O) groups excluding carboxylic acids is 1. The zero-order valence-corrected chi connectivity index (χ0v) is 18.8. The van der Waals surface area contributed by atoms with Crippen LogP contribution in [0.1, 0.15) is 16.1 Å². The number of ether oxygens (including phenoxy) is 2. The maximum absolute atomic E-state index is 13.2. The van der Waals surface area contributed by atoms with Gasteiger partial charge in [-0.05, 0) is 54.1 Å². The summed E-state index contributed by atoms with van der Waals surface area (Å²) in [6, 6.07) is 20.1. The number of benzene rings is 3. The van der Waals surface area contributed by atoms with E-state index in [2.05, 4.69) is 10.4 Å². The van der Waals surface area contributed by atoms with Crippen molar-refractivity contribution in [2.45, 2.75) is 6.54 Å². The highest BCUT2D eigenvalue weighted by atomic mass is 35.5. The normalized spacial score (nSPS) is 10.7. The number of carbonyl (C=O) groups is 1. The smallest absolute Gasteiger partial charge is 0.270 e. The van der Waals surface area contributed by atoms with Crippen LogP contribution in [-0.2, 0) is 6.54 Å². The third-order valence-corrected chi connectivity index (χ3v) is 5.28. The lowest BCUT2D eigenvalue weighted by Crippen LogP contribution is -2.25. The van der Waals surface area contributed by atoms with Crippen LogP contribution in [0.2, 0.25) is 5.02 Å². The largest absolute Gasteiger partial charge is 0.497 e. The summed E-state index contributed by atoms with van der Waals surface area (Å²) >= 11 is 6.18. The number of hydrogen-bond acceptors (Lipinski definition) is 4. The van der Waals surface area contributed by atoms with Gasteiger partial charge in [-0.2, -0.15) is 5.10 Å². The SMILES string of the molecule is COc1ccc(-c2cc(C(=O)NCc3ccc(F)cc3)n(-c3cccc(Cl)c3)n2)c(OC)c1. The Morgan fingerprint density at radius 1 is 1.03 bits per heavy atom. The van der Waals surface area contributed by atoms with E-state index in [1.54, 1.807) is 62.8 Å². The fourth-order valence-corrected chi connectivity index (χ4v) is 3.55. The minimum atomic E-state index is -0.342. The minimum Gasteiger partial charge on any atom is -0.497 e. The monoisotopic (exact) mass is 465 g/mol. The lowest BCUT2D eigenvalue weighted by atomic mass is 10.1. The second-order valence-electron chi connectivity index (χ2n) is 7.18. The first-order valence-corrected chi connectivity index (χ1v) is 10.5. The van der Waals surface area contributed by atoms with E-state index in [4.69, 9.17) is 21.1 Å². The number of amides is 1. The number of nitrogens with one attached hydrogen (secondary N) is 1. The number of aromatic nitrogens is 2. The van der Waals surface area contributed by atoms with Crippen molar-refractivity contribution in [1.29, 1.82) is 0 Å². The van der Waals surface area contributed by atoms with Gasteiger partial charge in [-0.25, -0.2) is 9.07 Å². The molecule has 1 N–H and O–H groups in total. The number of hydrogen-bond donors (Lipinski definition) is 1. The Bertz CT molecular complexity index is 1290. The third-order valence-electron chi connectivity index (χ3n) is 5.05. The van der Waals surface area contributed by atoms with Crippen LogP contribution in [0, 0.1) is 5.82 Å². The highest BCUT2D eigenvalue weighted by Crippen LogP contribution is 2.33. The van der Waals surface area contributed by atoms with Gasteiger partial charge in [0.15, 0.2) is 0 Å². The van der Waals surface area contributed by atoms with Crippen molar-refractivity contribution in [2.75, 3.05) is 14.2 Å². The van der Waals surface area contributed by atoms with E-state index >= 15 is 0 Å². The molecule has 0 atom stereocenters. The number of halogens is 2. The van der Waals surface area contributed by atoms with Crippen molar-refractivity contribution >= 4 is 17.5 Å². The second kappa shape index (κ2) is 9.75. The topological polar surface area (TPSA) is 65.4 Å². The van der Waals surface area contributed by atoms with Crippen LogP contribution in [0.15, 0.2) is 72.8 Å². The average Bonchev–Trinajstić information content (AvgIpc) is 3.28. The zero-order chi connectivity index (χ0) is 23.4. The van der Waals surface area contributed by atoms with E-state index in [0.717, 1.165) is 5.56 Å². The van der Waals surface area contributed by atoms with Crippen molar-refractivity contribution in [3.8, 4) is 28.4 Å². The molecular formula is C25H21ClFN3O3. The van der Waals surface area contributed by atoms with E-state index in [0.29, 0.717) is 39.2 Å². The van der Waals surface area contributed by atoms with Gasteiger partial charge in [-0.15, -0.1) is 0 Å². The van der Waals surface area contributed by atoms with Crippen LogP contribution in [0.4, 0.5) is 4.39 Å². The van der Waals surface area contributed by atoms with E-state index in [1.807, 2.05) is 12.1 Å². The molecule has 4 rings (SSSR count). The van der Waals surface area contributed by atoms with Gasteiger partial charge in [-0.3, -0.25) is 4.79 Å². The summed E-state index contributed by atoms with van der Waals surface area (Å²) in [5.41, 5.74) is 2.96. The highest BCUT2D eigenvalue weighted by molar-refractivity contribution is 6.30. The molecular weight excluding hydrogens is 445 g/mol. The number of methoxy groups -OCH3 is 2. The molecule has 1 heterocycles. The quantitative estimate of drug-likeness (QED) is 0.403. The van der Waals surface area contributed by atoms with Crippen molar-refractivity contribution in [3.63, 3.8) is 0 Å². The van der Waals surface area contributed by atoms with Crippen LogP contribution >= 0.6 is 11.6 Å². The summed E-state index contributed by atoms with van der Waals surface area (Å²) in [7, 11) is 3.13. The van der Waals surface area contributed by atoms with Crippen molar-refractivity contribution in [1.82, 2.24) is 15.1 Å². The number of nitrogens with zero attached hydrogens (tertiary/aromatic N) is 2. The summed E-state index contributed by atoms with van der Waals surface area (Å²) in [5.74, 6) is 0.526. The van der Waals surface area contributed by atoms with Crippen LogP contribution in [0.25, 0.3) is 16.9 Å². The molecule has 0 aliphatic rings. The summed E-state index contributed by atoms with van der Waals surface area (Å²) in [6.45, 7) is 0.237. The van der Waals surface area contributed by atoms with Gasteiger partial charge < -0.3 is 14.8 Å². The molecule has 0 aliphatic heterocycles. The van der Waals surface area contributed by atoms with Gasteiger partial charge in [-0.1, -0.05) is 29.8 Å². The third kappa shape index (κ3) is 4.99. The summed E-state index contributed by atoms with van der Waals surface area (Å²) in [6.07, 6.45) is 0. The maximum atomic E-state index is 13.2. The Balaban J connectivity index is 1.73. The van der Waals surface area contributed by atoms with E-state index in [9.17, 15) is 9.18 Å². The first-order chi connectivity index (χ1) is 16.0. The lowest BCUT2D eigenvalue weighted by molar-refractivity contribution is 0.0943. The molecule has 0 saturated heterocycles. The van der Waals surface area contributed by atoms with Gasteiger partial charge in [0.1, 0.15) is 23.0 Å². The Morgan fingerprint density at radius 2 is 1.82 bits per heavy atom. The Labute approximate surface area is 195 Å². The first kappa shape index (κ1) is 22.4. The Kier molecular flexibility index (Phi) is 6.60. The predicted octanol–water partition coefficient (Wildman–Crippen LogP) is 5.28. The van der Waals surface area contributed by atoms with E-state index in [-0.39, 0.29) is 18.3 Å². The van der Waals surface area contributed by atoms with Gasteiger partial charge in [0.2, 0.25) is 0 Å². The van der Waals surface area contributed by atoms with Crippen molar-refractivity contribution in [2.24, 2.45) is 0 Å². The molecule has 0 bridgehead atoms. The molecule has 168 valence electrons. The molecule has 4 aromatic rings. The molecule has 33 heavy (non-hydrogen) atoms.